The highest BCUT2D eigenvalue weighted by molar-refractivity contribution is 6.01. The number of carbonyl (C=O) groups excluding carboxylic acids is 1. The molecule has 0 radical (unpaired) electrons. The van der Waals surface area contributed by atoms with E-state index in [0.29, 0.717) is 23.5 Å². The summed E-state index contributed by atoms with van der Waals surface area (Å²) < 4.78 is 11.1. The van der Waals surface area contributed by atoms with Crippen molar-refractivity contribution in [3.8, 4) is 11.5 Å². The van der Waals surface area contributed by atoms with Gasteiger partial charge in [0.2, 0.25) is 0 Å². The van der Waals surface area contributed by atoms with Crippen LogP contribution in [0.2, 0.25) is 0 Å². The van der Waals surface area contributed by atoms with Crippen molar-refractivity contribution in [1.29, 1.82) is 0 Å². The fourth-order valence-electron chi connectivity index (χ4n) is 2.00. The van der Waals surface area contributed by atoms with E-state index in [0.717, 1.165) is 5.56 Å². The molecule has 0 saturated carbocycles. The fourth-order valence-corrected chi connectivity index (χ4v) is 2.00. The normalized spacial score (nSPS) is 17.6. The quantitative estimate of drug-likeness (QED) is 0.730. The van der Waals surface area contributed by atoms with Crippen LogP contribution in [-0.2, 0) is 0 Å². The van der Waals surface area contributed by atoms with Crippen LogP contribution in [0.3, 0.4) is 0 Å². The third-order valence-electron chi connectivity index (χ3n) is 2.68. The lowest BCUT2D eigenvalue weighted by molar-refractivity contribution is 0.0601. The van der Waals surface area contributed by atoms with Gasteiger partial charge in [-0.3, -0.25) is 4.79 Å². The summed E-state index contributed by atoms with van der Waals surface area (Å²) in [6.45, 7) is 5.76. The van der Waals surface area contributed by atoms with E-state index in [-0.39, 0.29) is 5.78 Å². The molecule has 0 aliphatic carbocycles. The fraction of sp³-hybridized carbons (Fsp3) is 0.462. The molecule has 1 aliphatic heterocycles. The first kappa shape index (κ1) is 11.0. The molecule has 0 spiro atoms. The van der Waals surface area contributed by atoms with Crippen molar-refractivity contribution in [2.24, 2.45) is 0 Å². The Balaban J connectivity index is 2.60. The van der Waals surface area contributed by atoms with Crippen molar-refractivity contribution in [2.45, 2.75) is 32.8 Å². The number of methoxy groups -OCH3 is 1. The predicted molar refractivity (Wildman–Crippen MR) is 61.4 cm³/mol. The average Bonchev–Trinajstić information content (AvgIpc) is 2.17. The minimum atomic E-state index is -0.452. The summed E-state index contributed by atoms with van der Waals surface area (Å²) in [6, 6.07) is 3.74. The van der Waals surface area contributed by atoms with Gasteiger partial charge in [-0.25, -0.2) is 0 Å². The Morgan fingerprint density at radius 1 is 1.38 bits per heavy atom. The van der Waals surface area contributed by atoms with Crippen molar-refractivity contribution in [2.75, 3.05) is 7.11 Å². The largest absolute Gasteiger partial charge is 0.493 e. The molecule has 2 rings (SSSR count). The second kappa shape index (κ2) is 3.51. The number of hydrogen-bond donors (Lipinski definition) is 0. The van der Waals surface area contributed by atoms with E-state index in [4.69, 9.17) is 9.47 Å². The highest BCUT2D eigenvalue weighted by Gasteiger charge is 2.34. The van der Waals surface area contributed by atoms with Gasteiger partial charge in [0.15, 0.2) is 17.3 Å². The van der Waals surface area contributed by atoms with Crippen LogP contribution >= 0.6 is 0 Å². The van der Waals surface area contributed by atoms with Crippen LogP contribution in [0, 0.1) is 6.92 Å². The van der Waals surface area contributed by atoms with Crippen LogP contribution in [0.5, 0.6) is 11.5 Å². The molecule has 0 unspecified atom stereocenters. The molecule has 0 atom stereocenters. The molecule has 3 nitrogen and oxygen atoms in total. The highest BCUT2D eigenvalue weighted by Crippen LogP contribution is 2.40. The maximum absolute atomic E-state index is 12.0. The Morgan fingerprint density at radius 2 is 2.06 bits per heavy atom. The summed E-state index contributed by atoms with van der Waals surface area (Å²) in [5.74, 6) is 1.33. The number of benzene rings is 1. The number of Topliss-reactive ketones (excluding diaryl/α,β-unsaturated/α-hetero) is 1. The summed E-state index contributed by atoms with van der Waals surface area (Å²) in [4.78, 5) is 12.0. The van der Waals surface area contributed by atoms with E-state index in [9.17, 15) is 4.79 Å². The topological polar surface area (TPSA) is 35.5 Å². The lowest BCUT2D eigenvalue weighted by atomic mass is 9.92. The minimum Gasteiger partial charge on any atom is -0.493 e. The SMILES string of the molecule is COc1cc(C)cc2c1OC(C)(C)CC2=O. The Kier molecular flexibility index (Phi) is 2.41. The number of ketones is 1. The van der Waals surface area contributed by atoms with Gasteiger partial charge < -0.3 is 9.47 Å². The number of carbonyl (C=O) groups is 1. The summed E-state index contributed by atoms with van der Waals surface area (Å²) >= 11 is 0. The highest BCUT2D eigenvalue weighted by atomic mass is 16.5. The Bertz CT molecular complexity index is 447. The van der Waals surface area contributed by atoms with Crippen molar-refractivity contribution in [1.82, 2.24) is 0 Å². The minimum absolute atomic E-state index is 0.119. The maximum atomic E-state index is 12.0. The lowest BCUT2D eigenvalue weighted by Gasteiger charge is -2.32. The molecule has 0 saturated heterocycles. The summed E-state index contributed by atoms with van der Waals surface area (Å²) in [6.07, 6.45) is 0.409. The third kappa shape index (κ3) is 1.77. The van der Waals surface area contributed by atoms with Crippen LogP contribution < -0.4 is 9.47 Å². The third-order valence-corrected chi connectivity index (χ3v) is 2.68. The predicted octanol–water partition coefficient (Wildman–Crippen LogP) is 2.75. The first-order chi connectivity index (χ1) is 7.43. The van der Waals surface area contributed by atoms with E-state index in [2.05, 4.69) is 0 Å². The van der Waals surface area contributed by atoms with Crippen molar-refractivity contribution < 1.29 is 14.3 Å². The van der Waals surface area contributed by atoms with Crippen LogP contribution in [0.15, 0.2) is 12.1 Å². The van der Waals surface area contributed by atoms with E-state index in [1.165, 1.54) is 0 Å². The van der Waals surface area contributed by atoms with Gasteiger partial charge in [-0.15, -0.1) is 0 Å². The number of aryl methyl sites for hydroxylation is 1. The Labute approximate surface area is 95.4 Å². The molecular weight excluding hydrogens is 204 g/mol. The van der Waals surface area contributed by atoms with Crippen molar-refractivity contribution >= 4 is 5.78 Å². The molecule has 1 aliphatic rings. The van der Waals surface area contributed by atoms with Gasteiger partial charge in [0.1, 0.15) is 5.60 Å². The van der Waals surface area contributed by atoms with Crippen molar-refractivity contribution in [3.63, 3.8) is 0 Å². The number of hydrogen-bond acceptors (Lipinski definition) is 3. The molecule has 1 heterocycles. The second-order valence-corrected chi connectivity index (χ2v) is 4.81. The molecule has 0 N–H and O–H groups in total. The number of ether oxygens (including phenoxy) is 2. The van der Waals surface area contributed by atoms with Gasteiger partial charge in [-0.2, -0.15) is 0 Å². The summed E-state index contributed by atoms with van der Waals surface area (Å²) in [5, 5.41) is 0. The Hall–Kier alpha value is -1.51. The Morgan fingerprint density at radius 3 is 2.69 bits per heavy atom. The molecule has 1 aromatic rings. The van der Waals surface area contributed by atoms with Crippen molar-refractivity contribution in [3.05, 3.63) is 23.3 Å². The molecule has 1 aromatic carbocycles. The van der Waals surface area contributed by atoms with E-state index in [1.807, 2.05) is 32.9 Å². The van der Waals surface area contributed by atoms with E-state index < -0.39 is 5.60 Å². The van der Waals surface area contributed by atoms with Crippen LogP contribution in [0.1, 0.15) is 36.2 Å². The first-order valence-electron chi connectivity index (χ1n) is 5.34. The molecular formula is C13H16O3. The zero-order chi connectivity index (χ0) is 11.9. The zero-order valence-corrected chi connectivity index (χ0v) is 10.1. The summed E-state index contributed by atoms with van der Waals surface area (Å²) in [5.41, 5.74) is 1.19. The number of fused-ring (bicyclic) bond motifs is 1. The van der Waals surface area contributed by atoms with Gasteiger partial charge in [0.05, 0.1) is 19.1 Å². The smallest absolute Gasteiger partial charge is 0.172 e. The van der Waals surface area contributed by atoms with E-state index in [1.54, 1.807) is 7.11 Å². The first-order valence-corrected chi connectivity index (χ1v) is 5.34. The van der Waals surface area contributed by atoms with E-state index >= 15 is 0 Å². The van der Waals surface area contributed by atoms with Crippen LogP contribution in [0.25, 0.3) is 0 Å². The molecule has 0 amide bonds. The monoisotopic (exact) mass is 220 g/mol. The number of rotatable bonds is 1. The molecule has 0 fully saturated rings. The van der Waals surface area contributed by atoms with Gasteiger partial charge in [-0.05, 0) is 38.5 Å². The van der Waals surface area contributed by atoms with Gasteiger partial charge in [0.25, 0.3) is 0 Å². The molecule has 86 valence electrons. The standard InChI is InChI=1S/C13H16O3/c1-8-5-9-10(14)7-13(2,3)16-12(9)11(6-8)15-4/h5-6H,7H2,1-4H3. The average molecular weight is 220 g/mol. The van der Waals surface area contributed by atoms with Gasteiger partial charge >= 0.3 is 0 Å². The molecule has 16 heavy (non-hydrogen) atoms. The van der Waals surface area contributed by atoms with Crippen LogP contribution in [-0.4, -0.2) is 18.5 Å². The maximum Gasteiger partial charge on any atom is 0.172 e. The lowest BCUT2D eigenvalue weighted by Crippen LogP contribution is -2.36. The van der Waals surface area contributed by atoms with Gasteiger partial charge in [-0.1, -0.05) is 0 Å². The molecule has 0 bridgehead atoms. The van der Waals surface area contributed by atoms with Crippen LogP contribution in [0.4, 0.5) is 0 Å². The summed E-state index contributed by atoms with van der Waals surface area (Å²) in [7, 11) is 1.59. The molecule has 0 aromatic heterocycles. The molecule has 3 heteroatoms. The second-order valence-electron chi connectivity index (χ2n) is 4.81. The zero-order valence-electron chi connectivity index (χ0n) is 10.1. The van der Waals surface area contributed by atoms with Gasteiger partial charge in [0, 0.05) is 0 Å².